The molecule has 3 rings (SSSR count). The summed E-state index contributed by atoms with van der Waals surface area (Å²) in [6.07, 6.45) is 0. The van der Waals surface area contributed by atoms with E-state index in [0.29, 0.717) is 16.9 Å². The molecule has 1 aliphatic rings. The van der Waals surface area contributed by atoms with Crippen molar-refractivity contribution in [3.05, 3.63) is 59.7 Å². The van der Waals surface area contributed by atoms with Gasteiger partial charge in [-0.2, -0.15) is 0 Å². The van der Waals surface area contributed by atoms with Crippen LogP contribution in [0.1, 0.15) is 20.7 Å². The van der Waals surface area contributed by atoms with E-state index in [1.165, 1.54) is 0 Å². The average molecular weight is 354 g/mol. The van der Waals surface area contributed by atoms with Gasteiger partial charge in [0, 0.05) is 29.9 Å². The van der Waals surface area contributed by atoms with Crippen molar-refractivity contribution in [2.45, 2.75) is 0 Å². The van der Waals surface area contributed by atoms with E-state index >= 15 is 0 Å². The molecule has 0 spiro atoms. The predicted molar refractivity (Wildman–Crippen MR) is 99.1 cm³/mol. The lowest BCUT2D eigenvalue weighted by atomic mass is 10.1. The van der Waals surface area contributed by atoms with Crippen molar-refractivity contribution in [2.75, 3.05) is 44.9 Å². The van der Waals surface area contributed by atoms with Crippen molar-refractivity contribution in [1.82, 2.24) is 5.32 Å². The number of carbonyl (C=O) groups excluding carboxylic acids is 2. The van der Waals surface area contributed by atoms with Crippen LogP contribution in [0.15, 0.2) is 48.5 Å². The van der Waals surface area contributed by atoms with Crippen LogP contribution < -0.4 is 15.0 Å². The van der Waals surface area contributed by atoms with Crippen LogP contribution in [0.3, 0.4) is 0 Å². The van der Waals surface area contributed by atoms with Gasteiger partial charge in [-0.05, 0) is 42.5 Å². The van der Waals surface area contributed by atoms with Gasteiger partial charge in [-0.1, -0.05) is 6.07 Å². The van der Waals surface area contributed by atoms with Gasteiger partial charge in [0.25, 0.3) is 5.91 Å². The highest BCUT2D eigenvalue weighted by molar-refractivity contribution is 6.02. The first-order valence-corrected chi connectivity index (χ1v) is 8.55. The van der Waals surface area contributed by atoms with Gasteiger partial charge in [0.2, 0.25) is 0 Å². The Balaban J connectivity index is 1.56. The molecule has 2 aromatic carbocycles. The van der Waals surface area contributed by atoms with Crippen molar-refractivity contribution in [3.8, 4) is 5.75 Å². The molecule has 1 aliphatic heterocycles. The van der Waals surface area contributed by atoms with Crippen LogP contribution in [-0.4, -0.2) is 51.6 Å². The molecule has 0 atom stereocenters. The number of anilines is 1. The van der Waals surface area contributed by atoms with E-state index in [1.54, 1.807) is 43.5 Å². The Morgan fingerprint density at radius 1 is 1.08 bits per heavy atom. The van der Waals surface area contributed by atoms with Crippen molar-refractivity contribution in [1.29, 1.82) is 0 Å². The summed E-state index contributed by atoms with van der Waals surface area (Å²) in [5, 5.41) is 2.66. The largest absolute Gasteiger partial charge is 0.497 e. The average Bonchev–Trinajstić information content (AvgIpc) is 2.72. The number of carbonyl (C=O) groups is 2. The summed E-state index contributed by atoms with van der Waals surface area (Å²) in [6.45, 7) is 3.09. The van der Waals surface area contributed by atoms with Crippen LogP contribution in [0, 0.1) is 0 Å². The fraction of sp³-hybridized carbons (Fsp3) is 0.300. The summed E-state index contributed by atoms with van der Waals surface area (Å²) >= 11 is 0. The number of hydrogen-bond donors (Lipinski definition) is 1. The van der Waals surface area contributed by atoms with Gasteiger partial charge in [-0.3, -0.25) is 9.59 Å². The SMILES string of the molecule is COc1cccc(C(=O)NCC(=O)c2ccc(N3CCOCC3)cc2)c1. The minimum atomic E-state index is -0.304. The maximum absolute atomic E-state index is 12.3. The van der Waals surface area contributed by atoms with Crippen molar-refractivity contribution in [3.63, 3.8) is 0 Å². The molecular formula is C20H22N2O4. The fourth-order valence-corrected chi connectivity index (χ4v) is 2.81. The number of hydrogen-bond acceptors (Lipinski definition) is 5. The molecule has 0 unspecified atom stereocenters. The Bertz CT molecular complexity index is 768. The van der Waals surface area contributed by atoms with Crippen molar-refractivity contribution < 1.29 is 19.1 Å². The normalized spacial score (nSPS) is 14.0. The Morgan fingerprint density at radius 3 is 2.50 bits per heavy atom. The molecule has 6 heteroatoms. The van der Waals surface area contributed by atoms with Gasteiger partial charge in [0.15, 0.2) is 5.78 Å². The van der Waals surface area contributed by atoms with Crippen LogP contribution in [0.25, 0.3) is 0 Å². The fourth-order valence-electron chi connectivity index (χ4n) is 2.81. The van der Waals surface area contributed by atoms with Gasteiger partial charge in [-0.25, -0.2) is 0 Å². The van der Waals surface area contributed by atoms with E-state index in [1.807, 2.05) is 12.1 Å². The third-order valence-corrected chi connectivity index (χ3v) is 4.31. The number of benzene rings is 2. The lowest BCUT2D eigenvalue weighted by Gasteiger charge is -2.28. The van der Waals surface area contributed by atoms with Crippen LogP contribution in [-0.2, 0) is 4.74 Å². The second-order valence-electron chi connectivity index (χ2n) is 5.98. The van der Waals surface area contributed by atoms with E-state index in [-0.39, 0.29) is 18.2 Å². The number of morpholine rings is 1. The molecule has 1 fully saturated rings. The minimum absolute atomic E-state index is 0.0487. The molecule has 6 nitrogen and oxygen atoms in total. The first kappa shape index (κ1) is 17.9. The molecule has 0 aliphatic carbocycles. The molecular weight excluding hydrogens is 332 g/mol. The standard InChI is InChI=1S/C20H22N2O4/c1-25-18-4-2-3-16(13-18)20(24)21-14-19(23)15-5-7-17(8-6-15)22-9-11-26-12-10-22/h2-8,13H,9-12,14H2,1H3,(H,21,24). The number of amides is 1. The number of methoxy groups -OCH3 is 1. The third-order valence-electron chi connectivity index (χ3n) is 4.31. The molecule has 1 amide bonds. The number of nitrogens with zero attached hydrogens (tertiary/aromatic N) is 1. The second-order valence-corrected chi connectivity index (χ2v) is 5.98. The van der Waals surface area contributed by atoms with E-state index in [0.717, 1.165) is 32.0 Å². The third kappa shape index (κ3) is 4.40. The first-order chi connectivity index (χ1) is 12.7. The zero-order chi connectivity index (χ0) is 18.4. The van der Waals surface area contributed by atoms with Crippen molar-refractivity contribution in [2.24, 2.45) is 0 Å². The number of Topliss-reactive ketones (excluding diaryl/α,β-unsaturated/α-hetero) is 1. The van der Waals surface area contributed by atoms with Gasteiger partial charge < -0.3 is 19.7 Å². The molecule has 26 heavy (non-hydrogen) atoms. The quantitative estimate of drug-likeness (QED) is 0.805. The van der Waals surface area contributed by atoms with E-state index in [4.69, 9.17) is 9.47 Å². The molecule has 0 aromatic heterocycles. The maximum Gasteiger partial charge on any atom is 0.251 e. The number of ketones is 1. The van der Waals surface area contributed by atoms with Crippen LogP contribution in [0.2, 0.25) is 0 Å². The highest BCUT2D eigenvalue weighted by Gasteiger charge is 2.13. The first-order valence-electron chi connectivity index (χ1n) is 8.55. The summed E-state index contributed by atoms with van der Waals surface area (Å²) in [5.74, 6) is 0.166. The lowest BCUT2D eigenvalue weighted by molar-refractivity contribution is 0.0904. The molecule has 0 bridgehead atoms. The molecule has 2 aromatic rings. The summed E-state index contributed by atoms with van der Waals surface area (Å²) in [7, 11) is 1.54. The number of ether oxygens (including phenoxy) is 2. The predicted octanol–water partition coefficient (Wildman–Crippen LogP) is 2.14. The smallest absolute Gasteiger partial charge is 0.251 e. The van der Waals surface area contributed by atoms with E-state index in [9.17, 15) is 9.59 Å². The molecule has 136 valence electrons. The molecule has 1 saturated heterocycles. The highest BCUT2D eigenvalue weighted by atomic mass is 16.5. The minimum Gasteiger partial charge on any atom is -0.497 e. The number of nitrogens with one attached hydrogen (secondary N) is 1. The van der Waals surface area contributed by atoms with E-state index < -0.39 is 0 Å². The maximum atomic E-state index is 12.3. The monoisotopic (exact) mass is 354 g/mol. The molecule has 0 saturated carbocycles. The van der Waals surface area contributed by atoms with Gasteiger partial charge in [0.05, 0.1) is 26.9 Å². The van der Waals surface area contributed by atoms with E-state index in [2.05, 4.69) is 10.2 Å². The summed E-state index contributed by atoms with van der Waals surface area (Å²) in [6, 6.07) is 14.3. The molecule has 1 N–H and O–H groups in total. The Morgan fingerprint density at radius 2 is 1.81 bits per heavy atom. The van der Waals surface area contributed by atoms with Crippen LogP contribution in [0.4, 0.5) is 5.69 Å². The van der Waals surface area contributed by atoms with Gasteiger partial charge in [0.1, 0.15) is 5.75 Å². The molecule has 1 heterocycles. The number of rotatable bonds is 6. The summed E-state index contributed by atoms with van der Waals surface area (Å²) < 4.78 is 10.4. The van der Waals surface area contributed by atoms with Crippen LogP contribution in [0.5, 0.6) is 5.75 Å². The Hall–Kier alpha value is -2.86. The van der Waals surface area contributed by atoms with Crippen molar-refractivity contribution >= 4 is 17.4 Å². The Labute approximate surface area is 152 Å². The Kier molecular flexibility index (Phi) is 5.86. The summed E-state index contributed by atoms with van der Waals surface area (Å²) in [5.41, 5.74) is 2.11. The van der Waals surface area contributed by atoms with Crippen LogP contribution >= 0.6 is 0 Å². The lowest BCUT2D eigenvalue weighted by Crippen LogP contribution is -2.36. The zero-order valence-electron chi connectivity index (χ0n) is 14.7. The second kappa shape index (κ2) is 8.49. The topological polar surface area (TPSA) is 67.9 Å². The summed E-state index contributed by atoms with van der Waals surface area (Å²) in [4.78, 5) is 26.7. The highest BCUT2D eigenvalue weighted by Crippen LogP contribution is 2.17. The van der Waals surface area contributed by atoms with Gasteiger partial charge >= 0.3 is 0 Å². The zero-order valence-corrected chi connectivity index (χ0v) is 14.7. The molecule has 0 radical (unpaired) electrons. The van der Waals surface area contributed by atoms with Gasteiger partial charge in [-0.15, -0.1) is 0 Å².